The van der Waals surface area contributed by atoms with Crippen LogP contribution in [0.4, 0.5) is 17.6 Å². The number of nitrogens with zero attached hydrogens (tertiary/aromatic N) is 2. The molecule has 2 aromatic heterocycles. The zero-order chi connectivity index (χ0) is 23.4. The number of aromatic nitrogens is 3. The molecule has 5 aromatic rings. The van der Waals surface area contributed by atoms with E-state index in [4.69, 9.17) is 0 Å². The minimum absolute atomic E-state index is 0.280. The van der Waals surface area contributed by atoms with E-state index in [9.17, 15) is 22.7 Å². The van der Waals surface area contributed by atoms with E-state index in [0.29, 0.717) is 27.4 Å². The lowest BCUT2D eigenvalue weighted by atomic mass is 9.84. The van der Waals surface area contributed by atoms with E-state index in [1.807, 2.05) is 0 Å². The van der Waals surface area contributed by atoms with Gasteiger partial charge in [0.1, 0.15) is 5.82 Å². The van der Waals surface area contributed by atoms with Crippen LogP contribution in [0, 0.1) is 5.82 Å². The molecule has 3 aromatic carbocycles. The van der Waals surface area contributed by atoms with Crippen LogP contribution in [0.5, 0.6) is 0 Å². The SMILES string of the molecule is OC(c1ccc2c(cnn2-c2ccc(F)cc2)c1)(c1c[nH]c2c(CBr)cccc12)C(F)(F)F. The van der Waals surface area contributed by atoms with Gasteiger partial charge in [-0.3, -0.25) is 0 Å². The van der Waals surface area contributed by atoms with Crippen LogP contribution in [-0.2, 0) is 10.9 Å². The highest BCUT2D eigenvalue weighted by molar-refractivity contribution is 9.08. The number of fused-ring (bicyclic) bond motifs is 2. The first-order valence-corrected chi connectivity index (χ1v) is 11.0. The number of H-pyrrole nitrogens is 1. The lowest BCUT2D eigenvalue weighted by molar-refractivity contribution is -0.247. The molecule has 0 spiro atoms. The molecule has 4 nitrogen and oxygen atoms in total. The zero-order valence-corrected chi connectivity index (χ0v) is 18.5. The summed E-state index contributed by atoms with van der Waals surface area (Å²) in [5.41, 5.74) is -1.47. The number of aromatic amines is 1. The quantitative estimate of drug-likeness (QED) is 0.216. The highest BCUT2D eigenvalue weighted by atomic mass is 79.9. The van der Waals surface area contributed by atoms with Gasteiger partial charge in [-0.05, 0) is 47.5 Å². The predicted octanol–water partition coefficient (Wildman–Crippen LogP) is 6.34. The van der Waals surface area contributed by atoms with Gasteiger partial charge < -0.3 is 10.1 Å². The Morgan fingerprint density at radius 3 is 2.48 bits per heavy atom. The molecule has 0 amide bonds. The van der Waals surface area contributed by atoms with Crippen molar-refractivity contribution in [2.75, 3.05) is 0 Å². The summed E-state index contributed by atoms with van der Waals surface area (Å²) in [6, 6.07) is 14.6. The molecule has 0 aliphatic rings. The number of alkyl halides is 4. The van der Waals surface area contributed by atoms with E-state index in [1.54, 1.807) is 18.2 Å². The van der Waals surface area contributed by atoms with Crippen molar-refractivity contribution >= 4 is 37.7 Å². The summed E-state index contributed by atoms with van der Waals surface area (Å²) in [6.07, 6.45) is -2.37. The summed E-state index contributed by atoms with van der Waals surface area (Å²) in [4.78, 5) is 2.89. The second-order valence-electron chi connectivity index (χ2n) is 7.69. The monoisotopic (exact) mass is 517 g/mol. The molecular formula is C24H16BrF4N3O. The Kier molecular flexibility index (Phi) is 5.06. The van der Waals surface area contributed by atoms with Gasteiger partial charge in [-0.1, -0.05) is 40.2 Å². The fraction of sp³-hybridized carbons (Fsp3) is 0.125. The summed E-state index contributed by atoms with van der Waals surface area (Å²) in [7, 11) is 0. The van der Waals surface area contributed by atoms with Crippen LogP contribution in [0.3, 0.4) is 0 Å². The summed E-state index contributed by atoms with van der Waals surface area (Å²) < 4.78 is 58.1. The lowest BCUT2D eigenvalue weighted by Crippen LogP contribution is -2.43. The van der Waals surface area contributed by atoms with Crippen LogP contribution in [-0.4, -0.2) is 26.0 Å². The maximum absolute atomic E-state index is 14.4. The number of hydrogen-bond acceptors (Lipinski definition) is 2. The van der Waals surface area contributed by atoms with Crippen molar-refractivity contribution in [1.29, 1.82) is 0 Å². The number of para-hydroxylation sites is 1. The van der Waals surface area contributed by atoms with E-state index in [2.05, 4.69) is 26.0 Å². The van der Waals surface area contributed by atoms with E-state index in [0.717, 1.165) is 5.56 Å². The van der Waals surface area contributed by atoms with Gasteiger partial charge in [0.15, 0.2) is 0 Å². The Morgan fingerprint density at radius 1 is 1.03 bits per heavy atom. The van der Waals surface area contributed by atoms with Crippen LogP contribution < -0.4 is 0 Å². The number of benzene rings is 3. The molecule has 9 heteroatoms. The molecule has 1 atom stereocenters. The molecular weight excluding hydrogens is 502 g/mol. The second-order valence-corrected chi connectivity index (χ2v) is 8.25. The molecule has 0 aliphatic carbocycles. The third-order valence-corrected chi connectivity index (χ3v) is 6.41. The molecule has 1 unspecified atom stereocenters. The number of rotatable bonds is 4. The molecule has 168 valence electrons. The van der Waals surface area contributed by atoms with Gasteiger partial charge in [0.05, 0.1) is 17.4 Å². The second kappa shape index (κ2) is 7.71. The zero-order valence-electron chi connectivity index (χ0n) is 16.9. The normalized spacial score (nSPS) is 14.1. The Morgan fingerprint density at radius 2 is 1.79 bits per heavy atom. The number of nitrogens with one attached hydrogen (secondary N) is 1. The van der Waals surface area contributed by atoms with Crippen LogP contribution in [0.1, 0.15) is 16.7 Å². The van der Waals surface area contributed by atoms with Gasteiger partial charge in [0, 0.05) is 33.4 Å². The Hall–Kier alpha value is -3.17. The highest BCUT2D eigenvalue weighted by Gasteiger charge is 2.57. The smallest absolute Gasteiger partial charge is 0.372 e. The first-order chi connectivity index (χ1) is 15.7. The Labute approximate surface area is 193 Å². The summed E-state index contributed by atoms with van der Waals surface area (Å²) >= 11 is 3.34. The first-order valence-electron chi connectivity index (χ1n) is 9.93. The van der Waals surface area contributed by atoms with E-state index >= 15 is 0 Å². The van der Waals surface area contributed by atoms with Crippen molar-refractivity contribution in [1.82, 2.24) is 14.8 Å². The topological polar surface area (TPSA) is 53.8 Å². The molecule has 2 N–H and O–H groups in total. The summed E-state index contributed by atoms with van der Waals surface area (Å²) in [6.45, 7) is 0. The van der Waals surface area contributed by atoms with Crippen molar-refractivity contribution in [2.24, 2.45) is 0 Å². The molecule has 0 bridgehead atoms. The summed E-state index contributed by atoms with van der Waals surface area (Å²) in [5.74, 6) is -0.408. The third-order valence-electron chi connectivity index (χ3n) is 5.80. The summed E-state index contributed by atoms with van der Waals surface area (Å²) in [5, 5.41) is 16.6. The van der Waals surface area contributed by atoms with Gasteiger partial charge in [-0.2, -0.15) is 18.3 Å². The predicted molar refractivity (Wildman–Crippen MR) is 121 cm³/mol. The third kappa shape index (κ3) is 3.34. The number of aliphatic hydroxyl groups is 1. The van der Waals surface area contributed by atoms with Crippen LogP contribution in [0.25, 0.3) is 27.5 Å². The van der Waals surface area contributed by atoms with Crippen LogP contribution in [0.2, 0.25) is 0 Å². The van der Waals surface area contributed by atoms with Gasteiger partial charge in [0.2, 0.25) is 5.60 Å². The maximum atomic E-state index is 14.4. The van der Waals surface area contributed by atoms with Gasteiger partial charge in [-0.25, -0.2) is 9.07 Å². The molecule has 0 saturated carbocycles. The average Bonchev–Trinajstić information content (AvgIpc) is 3.42. The molecule has 5 rings (SSSR count). The molecule has 2 heterocycles. The van der Waals surface area contributed by atoms with Crippen molar-refractivity contribution in [3.63, 3.8) is 0 Å². The van der Waals surface area contributed by atoms with Crippen molar-refractivity contribution < 1.29 is 22.7 Å². The largest absolute Gasteiger partial charge is 0.425 e. The van der Waals surface area contributed by atoms with Crippen LogP contribution >= 0.6 is 15.9 Å². The molecule has 33 heavy (non-hydrogen) atoms. The average molecular weight is 518 g/mol. The molecule has 0 radical (unpaired) electrons. The maximum Gasteiger partial charge on any atom is 0.425 e. The number of halogens is 5. The highest BCUT2D eigenvalue weighted by Crippen LogP contribution is 2.47. The van der Waals surface area contributed by atoms with Crippen molar-refractivity contribution in [3.8, 4) is 5.69 Å². The van der Waals surface area contributed by atoms with Gasteiger partial charge in [0.25, 0.3) is 0 Å². The fourth-order valence-electron chi connectivity index (χ4n) is 4.15. The Bertz CT molecular complexity index is 1470. The minimum atomic E-state index is -4.99. The minimum Gasteiger partial charge on any atom is -0.372 e. The van der Waals surface area contributed by atoms with Crippen molar-refractivity contribution in [3.05, 3.63) is 95.6 Å². The molecule has 0 saturated heterocycles. The van der Waals surface area contributed by atoms with Gasteiger partial charge in [-0.15, -0.1) is 0 Å². The van der Waals surface area contributed by atoms with Gasteiger partial charge >= 0.3 is 6.18 Å². The van der Waals surface area contributed by atoms with E-state index in [-0.39, 0.29) is 16.5 Å². The Balaban J connectivity index is 1.69. The van der Waals surface area contributed by atoms with Crippen molar-refractivity contribution in [2.45, 2.75) is 17.1 Å². The van der Waals surface area contributed by atoms with E-state index in [1.165, 1.54) is 59.5 Å². The van der Waals surface area contributed by atoms with Crippen LogP contribution in [0.15, 0.2) is 73.1 Å². The molecule has 0 fully saturated rings. The molecule has 0 aliphatic heterocycles. The number of hydrogen-bond donors (Lipinski definition) is 2. The lowest BCUT2D eigenvalue weighted by Gasteiger charge is -2.31. The standard InChI is InChI=1S/C24H16BrF4N3O/c25-11-14-2-1-3-19-20(13-30-22(14)19)23(33,24(27,28)29)16-4-9-21-15(10-16)12-31-32(21)18-7-5-17(26)6-8-18/h1-10,12-13,30,33H,11H2. The van der Waals surface area contributed by atoms with E-state index < -0.39 is 17.6 Å². The fourth-order valence-corrected chi connectivity index (χ4v) is 4.61. The first kappa shape index (κ1) is 21.7.